The third-order valence-corrected chi connectivity index (χ3v) is 9.78. The fourth-order valence-electron chi connectivity index (χ4n) is 6.55. The fourth-order valence-corrected chi connectivity index (χ4v) is 7.70. The van der Waals surface area contributed by atoms with Crippen molar-refractivity contribution in [1.29, 1.82) is 0 Å². The zero-order chi connectivity index (χ0) is 28.2. The summed E-state index contributed by atoms with van der Waals surface area (Å²) in [6.45, 7) is 4.91. The largest absolute Gasteiger partial charge is 0.479 e. The van der Waals surface area contributed by atoms with Crippen LogP contribution in [0, 0.1) is 0 Å². The second-order valence-corrected chi connectivity index (χ2v) is 12.1. The van der Waals surface area contributed by atoms with E-state index in [1.54, 1.807) is 16.2 Å². The number of fused-ring (bicyclic) bond motifs is 5. The van der Waals surface area contributed by atoms with Gasteiger partial charge in [-0.05, 0) is 42.0 Å². The lowest BCUT2D eigenvalue weighted by Crippen LogP contribution is -2.66. The number of thiophene rings is 1. The number of morpholine rings is 1. The molecule has 0 unspecified atom stereocenters. The molecule has 0 amide bonds. The van der Waals surface area contributed by atoms with E-state index in [4.69, 9.17) is 14.5 Å². The summed E-state index contributed by atoms with van der Waals surface area (Å²) in [5.74, 6) is 0.397. The number of carbonyl (C=O) groups is 1. The first-order valence-corrected chi connectivity index (χ1v) is 15.0. The minimum atomic E-state index is -1.71. The van der Waals surface area contributed by atoms with Crippen molar-refractivity contribution < 1.29 is 34.7 Å². The predicted molar refractivity (Wildman–Crippen MR) is 148 cm³/mol. The Morgan fingerprint density at radius 2 is 1.56 bits per heavy atom. The van der Waals surface area contributed by atoms with E-state index >= 15 is 0 Å². The van der Waals surface area contributed by atoms with Crippen LogP contribution in [0.25, 0.3) is 20.4 Å². The fraction of sp³-hybridized carbons (Fsp3) is 0.654. The van der Waals surface area contributed by atoms with Crippen molar-refractivity contribution in [3.05, 3.63) is 11.1 Å². The highest BCUT2D eigenvalue weighted by Crippen LogP contribution is 2.43. The molecule has 0 aromatic carbocycles. The average molecular weight is 588 g/mol. The third kappa shape index (κ3) is 4.59. The molecule has 3 fully saturated rings. The van der Waals surface area contributed by atoms with E-state index in [-0.39, 0.29) is 0 Å². The highest BCUT2D eigenvalue weighted by atomic mass is 32.1. The highest BCUT2D eigenvalue weighted by molar-refractivity contribution is 7.26. The summed E-state index contributed by atoms with van der Waals surface area (Å²) >= 11 is 1.59. The Morgan fingerprint density at radius 3 is 2.29 bits per heavy atom. The maximum Gasteiger partial charge on any atom is 0.335 e. The standard InChI is InChI=1S/C26H33N7O7S/c34-17-18(35)20(26(37)38)40-25(19(17)36)33-7-5-31(6-8-33)23-21-16(28-30-29-23)15-13-3-1-2-4-14(13)22(27-24(15)41-21)32-9-11-39-12-10-32/h17-20,25,34-36H,1-12H2,(H,37,38)/t17-,18-,19+,20-,25+/m0/s1. The number of aliphatic carboxylic acids is 1. The second kappa shape index (κ2) is 10.8. The Balaban J connectivity index is 1.18. The number of carboxylic acid groups (broad SMARTS) is 1. The molecule has 0 radical (unpaired) electrons. The summed E-state index contributed by atoms with van der Waals surface area (Å²) in [4.78, 5) is 23.9. The van der Waals surface area contributed by atoms with Crippen LogP contribution in [0.2, 0.25) is 0 Å². The molecule has 3 aliphatic heterocycles. The number of aromatic nitrogens is 4. The summed E-state index contributed by atoms with van der Waals surface area (Å²) in [7, 11) is 0. The van der Waals surface area contributed by atoms with E-state index < -0.39 is 36.6 Å². The van der Waals surface area contributed by atoms with Gasteiger partial charge in [-0.2, -0.15) is 0 Å². The summed E-state index contributed by atoms with van der Waals surface area (Å²) in [6, 6.07) is 0. The number of aryl methyl sites for hydroxylation is 1. The molecule has 0 bridgehead atoms. The van der Waals surface area contributed by atoms with Gasteiger partial charge in [-0.3, -0.25) is 4.90 Å². The van der Waals surface area contributed by atoms with Crippen LogP contribution in [0.4, 0.5) is 11.6 Å². The molecule has 3 aromatic rings. The Hall–Kier alpha value is -2.79. The summed E-state index contributed by atoms with van der Waals surface area (Å²) in [5.41, 5.74) is 3.46. The maximum absolute atomic E-state index is 11.5. The number of hydrogen-bond donors (Lipinski definition) is 4. The molecule has 41 heavy (non-hydrogen) atoms. The van der Waals surface area contributed by atoms with E-state index in [0.29, 0.717) is 39.4 Å². The van der Waals surface area contributed by atoms with E-state index in [1.165, 1.54) is 11.1 Å². The van der Waals surface area contributed by atoms with Gasteiger partial charge in [0.25, 0.3) is 0 Å². The smallest absolute Gasteiger partial charge is 0.335 e. The number of aliphatic hydroxyl groups excluding tert-OH is 3. The van der Waals surface area contributed by atoms with Gasteiger partial charge in [0.2, 0.25) is 0 Å². The molecular weight excluding hydrogens is 554 g/mol. The second-order valence-electron chi connectivity index (χ2n) is 11.1. The minimum Gasteiger partial charge on any atom is -0.479 e. The quantitative estimate of drug-likeness (QED) is 0.303. The van der Waals surface area contributed by atoms with E-state index in [0.717, 1.165) is 70.8 Å². The first kappa shape index (κ1) is 27.1. The molecule has 15 heteroatoms. The average Bonchev–Trinajstić information content (AvgIpc) is 3.39. The van der Waals surface area contributed by atoms with Gasteiger partial charge in [-0.25, -0.2) is 9.78 Å². The van der Waals surface area contributed by atoms with Crippen molar-refractivity contribution in [2.45, 2.75) is 56.3 Å². The first-order valence-electron chi connectivity index (χ1n) is 14.1. The number of rotatable bonds is 4. The van der Waals surface area contributed by atoms with Crippen LogP contribution >= 0.6 is 11.3 Å². The Labute approximate surface area is 239 Å². The molecule has 220 valence electrons. The first-order chi connectivity index (χ1) is 19.9. The zero-order valence-electron chi connectivity index (χ0n) is 22.4. The monoisotopic (exact) mass is 587 g/mol. The molecule has 0 saturated carbocycles. The predicted octanol–water partition coefficient (Wildman–Crippen LogP) is -0.636. The van der Waals surface area contributed by atoms with E-state index in [2.05, 4.69) is 25.2 Å². The molecule has 3 aromatic heterocycles. The van der Waals surface area contributed by atoms with Crippen LogP contribution in [0.5, 0.6) is 0 Å². The lowest BCUT2D eigenvalue weighted by atomic mass is 9.90. The van der Waals surface area contributed by atoms with Gasteiger partial charge in [0.15, 0.2) is 11.9 Å². The topological polar surface area (TPSA) is 178 Å². The van der Waals surface area contributed by atoms with Crippen LogP contribution in [-0.4, -0.2) is 135 Å². The number of ether oxygens (including phenoxy) is 2. The van der Waals surface area contributed by atoms with Crippen molar-refractivity contribution in [3.63, 3.8) is 0 Å². The van der Waals surface area contributed by atoms with E-state index in [9.17, 15) is 25.2 Å². The number of pyridine rings is 1. The number of piperazine rings is 1. The summed E-state index contributed by atoms with van der Waals surface area (Å²) in [5, 5.41) is 54.4. The van der Waals surface area contributed by atoms with Crippen LogP contribution in [-0.2, 0) is 27.1 Å². The van der Waals surface area contributed by atoms with Gasteiger partial charge in [0.05, 0.1) is 13.2 Å². The van der Waals surface area contributed by atoms with Gasteiger partial charge >= 0.3 is 5.97 Å². The van der Waals surface area contributed by atoms with Crippen LogP contribution in [0.3, 0.4) is 0 Å². The number of hydrogen-bond acceptors (Lipinski definition) is 14. The van der Waals surface area contributed by atoms with E-state index in [1.807, 2.05) is 0 Å². The van der Waals surface area contributed by atoms with Crippen LogP contribution in [0.1, 0.15) is 24.0 Å². The van der Waals surface area contributed by atoms with Gasteiger partial charge in [-0.1, -0.05) is 0 Å². The molecular formula is C26H33N7O7S. The molecule has 6 heterocycles. The molecule has 3 saturated heterocycles. The minimum absolute atomic E-state index is 0.419. The molecule has 0 spiro atoms. The third-order valence-electron chi connectivity index (χ3n) is 8.71. The van der Waals surface area contributed by atoms with Crippen molar-refractivity contribution in [2.75, 3.05) is 62.3 Å². The van der Waals surface area contributed by atoms with Crippen molar-refractivity contribution in [2.24, 2.45) is 0 Å². The van der Waals surface area contributed by atoms with Gasteiger partial charge < -0.3 is 39.7 Å². The Morgan fingerprint density at radius 1 is 0.854 bits per heavy atom. The van der Waals surface area contributed by atoms with Crippen molar-refractivity contribution in [3.8, 4) is 0 Å². The number of carboxylic acids is 1. The molecule has 4 N–H and O–H groups in total. The number of anilines is 2. The normalized spacial score (nSPS) is 29.7. The SMILES string of the molecule is O=C(O)[C@H]1O[C@@H](N2CCN(c3nnnc4c3sc3nc(N5CCOCC5)c5c(c34)CCCC5)CC2)[C@H](O)[C@@H](O)[C@@H]1O. The molecule has 5 atom stereocenters. The van der Waals surface area contributed by atoms with Gasteiger partial charge in [-0.15, -0.1) is 21.5 Å². The van der Waals surface area contributed by atoms with Crippen molar-refractivity contribution in [1.82, 2.24) is 25.3 Å². The molecule has 1 aliphatic carbocycles. The van der Waals surface area contributed by atoms with Crippen molar-refractivity contribution >= 4 is 49.4 Å². The lowest BCUT2D eigenvalue weighted by molar-refractivity contribution is -0.260. The maximum atomic E-state index is 11.5. The molecule has 4 aliphatic rings. The Bertz CT molecular complexity index is 1460. The van der Waals surface area contributed by atoms with Gasteiger partial charge in [0.1, 0.15) is 45.4 Å². The van der Waals surface area contributed by atoms with Gasteiger partial charge in [0, 0.05) is 44.7 Å². The lowest BCUT2D eigenvalue weighted by Gasteiger charge is -2.46. The molecule has 14 nitrogen and oxygen atoms in total. The molecule has 7 rings (SSSR count). The van der Waals surface area contributed by atoms with Crippen LogP contribution in [0.15, 0.2) is 0 Å². The van der Waals surface area contributed by atoms with Crippen LogP contribution < -0.4 is 9.80 Å². The summed E-state index contributed by atoms with van der Waals surface area (Å²) in [6.07, 6.45) is -3.21. The number of aliphatic hydroxyl groups is 3. The highest BCUT2D eigenvalue weighted by Gasteiger charge is 2.49. The number of nitrogens with zero attached hydrogens (tertiary/aromatic N) is 7. The Kier molecular flexibility index (Phi) is 7.13. The zero-order valence-corrected chi connectivity index (χ0v) is 23.2. The summed E-state index contributed by atoms with van der Waals surface area (Å²) < 4.78 is 12.1.